The third-order valence-electron chi connectivity index (χ3n) is 2.55. The summed E-state index contributed by atoms with van der Waals surface area (Å²) in [6, 6.07) is 6.03. The van der Waals surface area contributed by atoms with E-state index in [1.165, 1.54) is 0 Å². The van der Waals surface area contributed by atoms with Gasteiger partial charge in [-0.3, -0.25) is 0 Å². The van der Waals surface area contributed by atoms with Crippen molar-refractivity contribution in [1.29, 1.82) is 0 Å². The van der Waals surface area contributed by atoms with Gasteiger partial charge < -0.3 is 10.1 Å². The van der Waals surface area contributed by atoms with Gasteiger partial charge in [-0.1, -0.05) is 36.2 Å². The zero-order chi connectivity index (χ0) is 12.7. The van der Waals surface area contributed by atoms with Crippen LogP contribution in [0.15, 0.2) is 18.2 Å². The fourth-order valence-electron chi connectivity index (χ4n) is 1.71. The summed E-state index contributed by atoms with van der Waals surface area (Å²) < 4.78 is 5.39. The number of halogens is 2. The van der Waals surface area contributed by atoms with Crippen molar-refractivity contribution < 1.29 is 4.74 Å². The highest BCUT2D eigenvalue weighted by molar-refractivity contribution is 6.42. The first-order chi connectivity index (χ1) is 8.19. The molecular formula is C13H19Cl2NO. The van der Waals surface area contributed by atoms with Crippen LogP contribution in [0.1, 0.15) is 31.9 Å². The van der Waals surface area contributed by atoms with E-state index in [-0.39, 0.29) is 6.04 Å². The molecule has 0 radical (unpaired) electrons. The lowest BCUT2D eigenvalue weighted by Crippen LogP contribution is -2.22. The van der Waals surface area contributed by atoms with Crippen molar-refractivity contribution in [3.63, 3.8) is 0 Å². The standard InChI is InChI=1S/C13H19Cl2NO/c1-3-16-13(7-8-17-4-2)10-5-6-11(14)12(15)9-10/h5-6,9,13,16H,3-4,7-8H2,1-2H3. The van der Waals surface area contributed by atoms with E-state index in [1.54, 1.807) is 0 Å². The highest BCUT2D eigenvalue weighted by atomic mass is 35.5. The molecule has 0 saturated carbocycles. The summed E-state index contributed by atoms with van der Waals surface area (Å²) in [5, 5.41) is 4.62. The summed E-state index contributed by atoms with van der Waals surface area (Å²) in [5.74, 6) is 0. The second kappa shape index (κ2) is 7.93. The van der Waals surface area contributed by atoms with Gasteiger partial charge in [0.2, 0.25) is 0 Å². The van der Waals surface area contributed by atoms with Crippen LogP contribution in [0, 0.1) is 0 Å². The minimum absolute atomic E-state index is 0.265. The molecule has 17 heavy (non-hydrogen) atoms. The molecule has 1 unspecified atom stereocenters. The molecule has 0 spiro atoms. The molecule has 0 bridgehead atoms. The van der Waals surface area contributed by atoms with Crippen LogP contribution in [0.3, 0.4) is 0 Å². The number of hydrogen-bond acceptors (Lipinski definition) is 2. The van der Waals surface area contributed by atoms with Gasteiger partial charge in [0.1, 0.15) is 0 Å². The third-order valence-corrected chi connectivity index (χ3v) is 3.29. The minimum atomic E-state index is 0.265. The van der Waals surface area contributed by atoms with Crippen molar-refractivity contribution in [3.8, 4) is 0 Å². The molecule has 0 aliphatic rings. The summed E-state index contributed by atoms with van der Waals surface area (Å²) in [7, 11) is 0. The predicted octanol–water partition coefficient (Wildman–Crippen LogP) is 4.07. The zero-order valence-electron chi connectivity index (χ0n) is 10.3. The first kappa shape index (κ1) is 14.8. The van der Waals surface area contributed by atoms with E-state index in [9.17, 15) is 0 Å². The van der Waals surface area contributed by atoms with Crippen molar-refractivity contribution in [2.75, 3.05) is 19.8 Å². The maximum absolute atomic E-state index is 6.03. The summed E-state index contributed by atoms with van der Waals surface area (Å²) in [4.78, 5) is 0. The Morgan fingerprint density at radius 2 is 2.00 bits per heavy atom. The van der Waals surface area contributed by atoms with Crippen LogP contribution in [0.4, 0.5) is 0 Å². The Morgan fingerprint density at radius 1 is 1.24 bits per heavy atom. The maximum Gasteiger partial charge on any atom is 0.0595 e. The molecule has 0 fully saturated rings. The SMILES string of the molecule is CCNC(CCOCC)c1ccc(Cl)c(Cl)c1. The average Bonchev–Trinajstić information content (AvgIpc) is 2.32. The van der Waals surface area contributed by atoms with Gasteiger partial charge in [-0.2, -0.15) is 0 Å². The van der Waals surface area contributed by atoms with Crippen molar-refractivity contribution >= 4 is 23.2 Å². The molecule has 1 aromatic rings. The van der Waals surface area contributed by atoms with E-state index in [0.29, 0.717) is 10.0 Å². The van der Waals surface area contributed by atoms with E-state index in [0.717, 1.165) is 31.7 Å². The lowest BCUT2D eigenvalue weighted by molar-refractivity contribution is 0.136. The molecule has 1 rings (SSSR count). The molecule has 96 valence electrons. The van der Waals surface area contributed by atoms with E-state index in [4.69, 9.17) is 27.9 Å². The zero-order valence-corrected chi connectivity index (χ0v) is 11.8. The molecule has 2 nitrogen and oxygen atoms in total. The van der Waals surface area contributed by atoms with Crippen LogP contribution in [0.25, 0.3) is 0 Å². The van der Waals surface area contributed by atoms with Gasteiger partial charge in [0.15, 0.2) is 0 Å². The molecular weight excluding hydrogens is 257 g/mol. The highest BCUT2D eigenvalue weighted by Gasteiger charge is 2.11. The van der Waals surface area contributed by atoms with Crippen LogP contribution in [0.5, 0.6) is 0 Å². The van der Waals surface area contributed by atoms with Gasteiger partial charge in [0.25, 0.3) is 0 Å². The summed E-state index contributed by atoms with van der Waals surface area (Å²) >= 11 is 11.9. The smallest absolute Gasteiger partial charge is 0.0595 e. The Kier molecular flexibility index (Phi) is 6.90. The molecule has 0 aromatic heterocycles. The van der Waals surface area contributed by atoms with Gasteiger partial charge in [-0.05, 0) is 37.6 Å². The van der Waals surface area contributed by atoms with Crippen molar-refractivity contribution in [2.24, 2.45) is 0 Å². The number of ether oxygens (including phenoxy) is 1. The molecule has 1 aromatic carbocycles. The summed E-state index contributed by atoms with van der Waals surface area (Å²) in [6.07, 6.45) is 0.930. The van der Waals surface area contributed by atoms with Crippen LogP contribution < -0.4 is 5.32 Å². The fraction of sp³-hybridized carbons (Fsp3) is 0.538. The van der Waals surface area contributed by atoms with Crippen molar-refractivity contribution in [2.45, 2.75) is 26.3 Å². The molecule has 0 aliphatic carbocycles. The monoisotopic (exact) mass is 275 g/mol. The Balaban J connectivity index is 2.70. The number of benzene rings is 1. The topological polar surface area (TPSA) is 21.3 Å². The predicted molar refractivity (Wildman–Crippen MR) is 74.0 cm³/mol. The van der Waals surface area contributed by atoms with Crippen molar-refractivity contribution in [3.05, 3.63) is 33.8 Å². The van der Waals surface area contributed by atoms with Gasteiger partial charge in [-0.25, -0.2) is 0 Å². The fourth-order valence-corrected chi connectivity index (χ4v) is 2.01. The molecule has 1 N–H and O–H groups in total. The highest BCUT2D eigenvalue weighted by Crippen LogP contribution is 2.26. The van der Waals surface area contributed by atoms with Gasteiger partial charge >= 0.3 is 0 Å². The third kappa shape index (κ3) is 4.84. The van der Waals surface area contributed by atoms with Crippen LogP contribution in [-0.4, -0.2) is 19.8 Å². The normalized spacial score (nSPS) is 12.7. The molecule has 1 atom stereocenters. The first-order valence-electron chi connectivity index (χ1n) is 5.95. The second-order valence-electron chi connectivity index (χ2n) is 3.77. The van der Waals surface area contributed by atoms with Crippen molar-refractivity contribution in [1.82, 2.24) is 5.32 Å². The molecule has 0 heterocycles. The summed E-state index contributed by atoms with van der Waals surface area (Å²) in [5.41, 5.74) is 1.15. The maximum atomic E-state index is 6.03. The first-order valence-corrected chi connectivity index (χ1v) is 6.70. The lowest BCUT2D eigenvalue weighted by atomic mass is 10.0. The second-order valence-corrected chi connectivity index (χ2v) is 4.58. The largest absolute Gasteiger partial charge is 0.382 e. The number of hydrogen-bond donors (Lipinski definition) is 1. The van der Waals surface area contributed by atoms with E-state index in [2.05, 4.69) is 12.2 Å². The molecule has 0 amide bonds. The quantitative estimate of drug-likeness (QED) is 0.758. The van der Waals surface area contributed by atoms with Crippen LogP contribution >= 0.6 is 23.2 Å². The molecule has 0 aliphatic heterocycles. The van der Waals surface area contributed by atoms with E-state index >= 15 is 0 Å². The molecule has 0 saturated heterocycles. The van der Waals surface area contributed by atoms with E-state index in [1.807, 2.05) is 25.1 Å². The Hall–Kier alpha value is -0.280. The number of rotatable bonds is 7. The van der Waals surface area contributed by atoms with E-state index < -0.39 is 0 Å². The Bertz CT molecular complexity index is 344. The Labute approximate surface area is 113 Å². The number of nitrogens with one attached hydrogen (secondary N) is 1. The average molecular weight is 276 g/mol. The molecule has 4 heteroatoms. The minimum Gasteiger partial charge on any atom is -0.382 e. The van der Waals surface area contributed by atoms with Gasteiger partial charge in [-0.15, -0.1) is 0 Å². The van der Waals surface area contributed by atoms with Gasteiger partial charge in [0, 0.05) is 19.3 Å². The van der Waals surface area contributed by atoms with Gasteiger partial charge in [0.05, 0.1) is 10.0 Å². The summed E-state index contributed by atoms with van der Waals surface area (Å²) in [6.45, 7) is 6.50. The Morgan fingerprint density at radius 3 is 2.59 bits per heavy atom. The van der Waals surface area contributed by atoms with Crippen LogP contribution in [-0.2, 0) is 4.74 Å². The van der Waals surface area contributed by atoms with Crippen LogP contribution in [0.2, 0.25) is 10.0 Å². The lowest BCUT2D eigenvalue weighted by Gasteiger charge is -2.18.